The molecular weight excluding hydrogens is 296 g/mol. The summed E-state index contributed by atoms with van der Waals surface area (Å²) in [5.74, 6) is 1.27. The lowest BCUT2D eigenvalue weighted by molar-refractivity contribution is 0.0529. The zero-order valence-corrected chi connectivity index (χ0v) is 15.5. The van der Waals surface area contributed by atoms with Gasteiger partial charge < -0.3 is 25.4 Å². The Labute approximate surface area is 140 Å². The van der Waals surface area contributed by atoms with Gasteiger partial charge >= 0.3 is 6.09 Å². The minimum absolute atomic E-state index is 0.412. The average molecular weight is 330 g/mol. The van der Waals surface area contributed by atoms with E-state index in [1.54, 1.807) is 7.05 Å². The number of carbonyl (C=O) groups excluding carboxylic acids is 1. The molecule has 1 amide bonds. The molecule has 7 heteroatoms. The van der Waals surface area contributed by atoms with Gasteiger partial charge in [-0.2, -0.15) is 0 Å². The highest BCUT2D eigenvalue weighted by Crippen LogP contribution is 2.05. The molecule has 3 N–H and O–H groups in total. The molecule has 136 valence electrons. The fourth-order valence-corrected chi connectivity index (χ4v) is 1.58. The highest BCUT2D eigenvalue weighted by Gasteiger charge is 2.15. The summed E-state index contributed by atoms with van der Waals surface area (Å²) in [6.07, 6.45) is 0.508. The van der Waals surface area contributed by atoms with Crippen LogP contribution >= 0.6 is 0 Å². The van der Waals surface area contributed by atoms with E-state index >= 15 is 0 Å². The van der Waals surface area contributed by atoms with Crippen molar-refractivity contribution in [2.45, 2.75) is 46.6 Å². The third kappa shape index (κ3) is 15.2. The largest absolute Gasteiger partial charge is 0.444 e. The molecule has 0 fully saturated rings. The van der Waals surface area contributed by atoms with Crippen LogP contribution in [0.3, 0.4) is 0 Å². The Balaban J connectivity index is 3.65. The molecule has 0 saturated carbocycles. The van der Waals surface area contributed by atoms with E-state index in [4.69, 9.17) is 9.47 Å². The van der Waals surface area contributed by atoms with Crippen molar-refractivity contribution < 1.29 is 14.3 Å². The van der Waals surface area contributed by atoms with Crippen LogP contribution in [0.1, 0.15) is 41.0 Å². The second-order valence-electron chi connectivity index (χ2n) is 6.68. The molecule has 0 aliphatic heterocycles. The standard InChI is InChI=1S/C16H34N4O3/c1-13(2)12-22-11-7-8-18-14(17-6)19-9-10-20-15(21)23-16(3,4)5/h13H,7-12H2,1-6H3,(H,20,21)(H2,17,18,19). The van der Waals surface area contributed by atoms with Crippen LogP contribution in [0.4, 0.5) is 4.79 Å². The number of rotatable bonds is 9. The van der Waals surface area contributed by atoms with Gasteiger partial charge in [0.25, 0.3) is 0 Å². The highest BCUT2D eigenvalue weighted by molar-refractivity contribution is 5.79. The van der Waals surface area contributed by atoms with Crippen molar-refractivity contribution in [3.8, 4) is 0 Å². The maximum atomic E-state index is 11.5. The molecule has 0 aromatic rings. The zero-order valence-electron chi connectivity index (χ0n) is 15.5. The van der Waals surface area contributed by atoms with Gasteiger partial charge in [0.1, 0.15) is 5.60 Å². The van der Waals surface area contributed by atoms with Gasteiger partial charge in [-0.1, -0.05) is 13.8 Å². The quantitative estimate of drug-likeness (QED) is 0.341. The van der Waals surface area contributed by atoms with Crippen molar-refractivity contribution in [3.05, 3.63) is 0 Å². The van der Waals surface area contributed by atoms with E-state index in [-0.39, 0.29) is 0 Å². The number of ether oxygens (including phenoxy) is 2. The second kappa shape index (κ2) is 12.0. The number of guanidine groups is 1. The van der Waals surface area contributed by atoms with Crippen LogP contribution in [-0.2, 0) is 9.47 Å². The van der Waals surface area contributed by atoms with Gasteiger partial charge in [-0.05, 0) is 33.1 Å². The van der Waals surface area contributed by atoms with Crippen molar-refractivity contribution in [1.29, 1.82) is 0 Å². The first kappa shape index (κ1) is 21.5. The van der Waals surface area contributed by atoms with Gasteiger partial charge in [0.2, 0.25) is 0 Å². The SMILES string of the molecule is CN=C(NCCCOCC(C)C)NCCNC(=O)OC(C)(C)C. The highest BCUT2D eigenvalue weighted by atomic mass is 16.6. The molecule has 0 unspecified atom stereocenters. The maximum absolute atomic E-state index is 11.5. The first-order chi connectivity index (χ1) is 10.7. The van der Waals surface area contributed by atoms with Crippen molar-refractivity contribution in [2.75, 3.05) is 39.9 Å². The first-order valence-electron chi connectivity index (χ1n) is 8.23. The molecule has 0 rings (SSSR count). The molecule has 0 saturated heterocycles. The summed E-state index contributed by atoms with van der Waals surface area (Å²) >= 11 is 0. The number of nitrogens with one attached hydrogen (secondary N) is 3. The summed E-state index contributed by atoms with van der Waals surface area (Å²) in [5, 5.41) is 9.01. The Bertz CT molecular complexity index is 352. The molecular formula is C16H34N4O3. The Morgan fingerprint density at radius 1 is 1.09 bits per heavy atom. The maximum Gasteiger partial charge on any atom is 0.407 e. The van der Waals surface area contributed by atoms with Gasteiger partial charge in [0.05, 0.1) is 0 Å². The molecule has 0 aromatic heterocycles. The number of aliphatic imine (C=N–C) groups is 1. The van der Waals surface area contributed by atoms with Gasteiger partial charge in [-0.15, -0.1) is 0 Å². The molecule has 0 aromatic carbocycles. The molecule has 0 atom stereocenters. The molecule has 0 heterocycles. The predicted molar refractivity (Wildman–Crippen MR) is 93.9 cm³/mol. The summed E-state index contributed by atoms with van der Waals surface area (Å²) < 4.78 is 10.7. The Kier molecular flexibility index (Phi) is 11.2. The fourth-order valence-electron chi connectivity index (χ4n) is 1.58. The van der Waals surface area contributed by atoms with Crippen molar-refractivity contribution in [3.63, 3.8) is 0 Å². The second-order valence-corrected chi connectivity index (χ2v) is 6.68. The van der Waals surface area contributed by atoms with Crippen LogP contribution in [0.15, 0.2) is 4.99 Å². The van der Waals surface area contributed by atoms with Crippen molar-refractivity contribution in [2.24, 2.45) is 10.9 Å². The first-order valence-corrected chi connectivity index (χ1v) is 8.23. The van der Waals surface area contributed by atoms with Crippen LogP contribution in [0.25, 0.3) is 0 Å². The van der Waals surface area contributed by atoms with E-state index in [1.165, 1.54) is 0 Å². The van der Waals surface area contributed by atoms with E-state index in [0.29, 0.717) is 25.0 Å². The fraction of sp³-hybridized carbons (Fsp3) is 0.875. The summed E-state index contributed by atoms with van der Waals surface area (Å²) in [6.45, 7) is 13.1. The van der Waals surface area contributed by atoms with E-state index in [2.05, 4.69) is 34.8 Å². The Hall–Kier alpha value is -1.50. The third-order valence-corrected chi connectivity index (χ3v) is 2.52. The zero-order chi connectivity index (χ0) is 17.7. The number of nitrogens with zero attached hydrogens (tertiary/aromatic N) is 1. The monoisotopic (exact) mass is 330 g/mol. The smallest absolute Gasteiger partial charge is 0.407 e. The predicted octanol–water partition coefficient (Wildman–Crippen LogP) is 1.74. The summed E-state index contributed by atoms with van der Waals surface area (Å²) in [6, 6.07) is 0. The number of amides is 1. The topological polar surface area (TPSA) is 84.0 Å². The molecule has 0 aliphatic rings. The van der Waals surface area contributed by atoms with E-state index in [0.717, 1.165) is 26.2 Å². The molecule has 0 radical (unpaired) electrons. The van der Waals surface area contributed by atoms with Crippen molar-refractivity contribution in [1.82, 2.24) is 16.0 Å². The number of hydrogen-bond donors (Lipinski definition) is 3. The molecule has 7 nitrogen and oxygen atoms in total. The van der Waals surface area contributed by atoms with Gasteiger partial charge in [-0.3, -0.25) is 4.99 Å². The number of carbonyl (C=O) groups is 1. The van der Waals surface area contributed by atoms with Crippen LogP contribution in [0.2, 0.25) is 0 Å². The Morgan fingerprint density at radius 3 is 2.26 bits per heavy atom. The lowest BCUT2D eigenvalue weighted by Gasteiger charge is -2.19. The van der Waals surface area contributed by atoms with E-state index in [9.17, 15) is 4.79 Å². The molecule has 23 heavy (non-hydrogen) atoms. The van der Waals surface area contributed by atoms with Crippen LogP contribution in [0, 0.1) is 5.92 Å². The normalized spacial score (nSPS) is 12.2. The minimum atomic E-state index is -0.479. The van der Waals surface area contributed by atoms with Crippen LogP contribution in [-0.4, -0.2) is 57.5 Å². The number of alkyl carbamates (subject to hydrolysis) is 1. The summed E-state index contributed by atoms with van der Waals surface area (Å²) in [4.78, 5) is 15.6. The van der Waals surface area contributed by atoms with Gasteiger partial charge in [0, 0.05) is 39.9 Å². The lowest BCUT2D eigenvalue weighted by Crippen LogP contribution is -2.42. The average Bonchev–Trinajstić information content (AvgIpc) is 2.42. The van der Waals surface area contributed by atoms with E-state index in [1.807, 2.05) is 20.8 Å². The lowest BCUT2D eigenvalue weighted by atomic mass is 10.2. The van der Waals surface area contributed by atoms with Gasteiger partial charge in [0.15, 0.2) is 5.96 Å². The van der Waals surface area contributed by atoms with Crippen LogP contribution in [0.5, 0.6) is 0 Å². The molecule has 0 bridgehead atoms. The van der Waals surface area contributed by atoms with Crippen molar-refractivity contribution >= 4 is 12.1 Å². The molecule has 0 spiro atoms. The van der Waals surface area contributed by atoms with Crippen LogP contribution < -0.4 is 16.0 Å². The van der Waals surface area contributed by atoms with Gasteiger partial charge in [-0.25, -0.2) is 4.79 Å². The molecule has 0 aliphatic carbocycles. The summed E-state index contributed by atoms with van der Waals surface area (Å²) in [5.41, 5.74) is -0.479. The third-order valence-electron chi connectivity index (χ3n) is 2.52. The number of hydrogen-bond acceptors (Lipinski definition) is 4. The summed E-state index contributed by atoms with van der Waals surface area (Å²) in [7, 11) is 1.71. The Morgan fingerprint density at radius 2 is 1.70 bits per heavy atom. The minimum Gasteiger partial charge on any atom is -0.444 e. The van der Waals surface area contributed by atoms with E-state index < -0.39 is 11.7 Å².